The van der Waals surface area contributed by atoms with Gasteiger partial charge in [0.1, 0.15) is 5.60 Å². The van der Waals surface area contributed by atoms with Gasteiger partial charge in [0.25, 0.3) is 0 Å². The molecule has 97 valence electrons. The standard InChI is InChI=1S/C12H22N2O2.Y/c1-11(2,3)16-10(15)14-7-5-12(4,9-13)6-8-14;/h13H,4-9H2,1-3H3;/q-2;. The van der Waals surface area contributed by atoms with Crippen LogP contribution in [0.25, 0.3) is 5.73 Å². The van der Waals surface area contributed by atoms with Gasteiger partial charge in [0.15, 0.2) is 0 Å². The summed E-state index contributed by atoms with van der Waals surface area (Å²) >= 11 is 0. The molecule has 1 aliphatic rings. The van der Waals surface area contributed by atoms with Crippen molar-refractivity contribution in [1.82, 2.24) is 4.90 Å². The van der Waals surface area contributed by atoms with Crippen molar-refractivity contribution < 1.29 is 42.2 Å². The predicted molar refractivity (Wildman–Crippen MR) is 64.0 cm³/mol. The van der Waals surface area contributed by atoms with E-state index in [1.54, 1.807) is 4.90 Å². The Morgan fingerprint density at radius 2 is 1.88 bits per heavy atom. The molecule has 1 radical (unpaired) electrons. The van der Waals surface area contributed by atoms with Crippen LogP contribution in [0.1, 0.15) is 33.6 Å². The Balaban J connectivity index is 0.00000256. The van der Waals surface area contributed by atoms with Crippen molar-refractivity contribution in [2.45, 2.75) is 39.2 Å². The molecular formula is C12H22N2O2Y-2. The van der Waals surface area contributed by atoms with Gasteiger partial charge in [0.05, 0.1) is 0 Å². The van der Waals surface area contributed by atoms with E-state index in [4.69, 9.17) is 10.5 Å². The van der Waals surface area contributed by atoms with Crippen LogP contribution >= 0.6 is 0 Å². The largest absolute Gasteiger partial charge is 0.679 e. The molecule has 0 bridgehead atoms. The van der Waals surface area contributed by atoms with Gasteiger partial charge in [0, 0.05) is 45.8 Å². The first-order chi connectivity index (χ1) is 7.26. The molecule has 17 heavy (non-hydrogen) atoms. The minimum Gasteiger partial charge on any atom is -0.679 e. The molecule has 1 amide bonds. The van der Waals surface area contributed by atoms with Crippen molar-refractivity contribution >= 4 is 6.09 Å². The molecule has 0 saturated carbocycles. The van der Waals surface area contributed by atoms with Crippen molar-refractivity contribution in [1.29, 1.82) is 0 Å². The quantitative estimate of drug-likeness (QED) is 0.699. The molecule has 0 atom stereocenters. The molecule has 0 unspecified atom stereocenters. The van der Waals surface area contributed by atoms with Gasteiger partial charge in [0.2, 0.25) is 0 Å². The smallest absolute Gasteiger partial charge is 0.410 e. The summed E-state index contributed by atoms with van der Waals surface area (Å²) in [5, 5.41) is 0. The Hall–Kier alpha value is 0.334. The maximum atomic E-state index is 11.7. The Labute approximate surface area is 130 Å². The third-order valence-electron chi connectivity index (χ3n) is 2.85. The van der Waals surface area contributed by atoms with Crippen molar-refractivity contribution in [3.05, 3.63) is 12.7 Å². The third kappa shape index (κ3) is 5.67. The van der Waals surface area contributed by atoms with Crippen molar-refractivity contribution in [2.75, 3.05) is 19.6 Å². The molecule has 4 nitrogen and oxygen atoms in total. The third-order valence-corrected chi connectivity index (χ3v) is 2.85. The van der Waals surface area contributed by atoms with Crippen LogP contribution in [-0.2, 0) is 37.4 Å². The first-order valence-electron chi connectivity index (χ1n) is 5.74. The van der Waals surface area contributed by atoms with Gasteiger partial charge in [-0.2, -0.15) is 12.0 Å². The summed E-state index contributed by atoms with van der Waals surface area (Å²) in [6.45, 7) is 11.3. The number of piperidine rings is 1. The van der Waals surface area contributed by atoms with E-state index in [2.05, 4.69) is 6.92 Å². The van der Waals surface area contributed by atoms with Gasteiger partial charge in [-0.3, -0.25) is 0 Å². The van der Waals surface area contributed by atoms with E-state index in [9.17, 15) is 4.79 Å². The molecular weight excluding hydrogens is 293 g/mol. The summed E-state index contributed by atoms with van der Waals surface area (Å²) in [7, 11) is 0. The molecule has 5 heteroatoms. The molecule has 0 aromatic carbocycles. The SMILES string of the molecule is [CH2-]C1(C[NH-])CCN(C(=O)OC(C)(C)C)CC1.[Y]. The van der Waals surface area contributed by atoms with E-state index in [1.807, 2.05) is 20.8 Å². The normalized spacial score (nSPS) is 19.5. The van der Waals surface area contributed by atoms with E-state index in [0.717, 1.165) is 12.8 Å². The van der Waals surface area contributed by atoms with Crippen LogP contribution in [0.5, 0.6) is 0 Å². The summed E-state index contributed by atoms with van der Waals surface area (Å²) in [5.41, 5.74) is 6.81. The molecule has 0 spiro atoms. The van der Waals surface area contributed by atoms with Gasteiger partial charge >= 0.3 is 6.09 Å². The van der Waals surface area contributed by atoms with Gasteiger partial charge in [-0.1, -0.05) is 12.8 Å². The number of hydrogen-bond acceptors (Lipinski definition) is 2. The Morgan fingerprint density at radius 3 is 2.24 bits per heavy atom. The Kier molecular flexibility index (Phi) is 6.61. The fraction of sp³-hybridized carbons (Fsp3) is 0.833. The number of hydrogen-bond donors (Lipinski definition) is 0. The van der Waals surface area contributed by atoms with E-state index in [0.29, 0.717) is 19.6 Å². The molecule has 0 aromatic rings. The van der Waals surface area contributed by atoms with Crippen molar-refractivity contribution in [3.8, 4) is 0 Å². The van der Waals surface area contributed by atoms with Gasteiger partial charge in [-0.15, -0.1) is 0 Å². The monoisotopic (exact) mass is 315 g/mol. The van der Waals surface area contributed by atoms with E-state index >= 15 is 0 Å². The van der Waals surface area contributed by atoms with Crippen LogP contribution < -0.4 is 0 Å². The van der Waals surface area contributed by atoms with Gasteiger partial charge in [-0.05, 0) is 20.8 Å². The molecule has 1 heterocycles. The number of nitrogens with one attached hydrogen (secondary N) is 1. The second-order valence-electron chi connectivity index (χ2n) is 5.64. The second kappa shape index (κ2) is 6.49. The van der Waals surface area contributed by atoms with E-state index in [-0.39, 0.29) is 44.2 Å². The number of rotatable bonds is 1. The fourth-order valence-electron chi connectivity index (χ4n) is 1.67. The summed E-state index contributed by atoms with van der Waals surface area (Å²) < 4.78 is 5.30. The van der Waals surface area contributed by atoms with Crippen LogP contribution in [0.2, 0.25) is 0 Å². The van der Waals surface area contributed by atoms with E-state index in [1.165, 1.54) is 0 Å². The zero-order valence-electron chi connectivity index (χ0n) is 11.1. The average molecular weight is 315 g/mol. The molecule has 0 aromatic heterocycles. The van der Waals surface area contributed by atoms with Crippen LogP contribution in [0, 0.1) is 12.3 Å². The first kappa shape index (κ1) is 17.3. The molecule has 1 aliphatic heterocycles. The van der Waals surface area contributed by atoms with Crippen molar-refractivity contribution in [2.24, 2.45) is 5.41 Å². The molecule has 1 rings (SSSR count). The zero-order chi connectivity index (χ0) is 12.4. The number of ether oxygens (including phenoxy) is 1. The van der Waals surface area contributed by atoms with Gasteiger partial charge < -0.3 is 22.3 Å². The molecule has 0 aliphatic carbocycles. The number of carbonyl (C=O) groups is 1. The van der Waals surface area contributed by atoms with Crippen LogP contribution in [0.4, 0.5) is 4.79 Å². The van der Waals surface area contributed by atoms with Gasteiger partial charge in [-0.25, -0.2) is 4.79 Å². The van der Waals surface area contributed by atoms with Crippen LogP contribution in [0.3, 0.4) is 0 Å². The average Bonchev–Trinajstić information content (AvgIpc) is 2.16. The Morgan fingerprint density at radius 1 is 1.41 bits per heavy atom. The molecule has 1 N–H and O–H groups in total. The number of nitrogens with zero attached hydrogens (tertiary/aromatic N) is 1. The maximum Gasteiger partial charge on any atom is 0.410 e. The van der Waals surface area contributed by atoms with Crippen LogP contribution in [0.15, 0.2) is 0 Å². The topological polar surface area (TPSA) is 53.3 Å². The van der Waals surface area contributed by atoms with E-state index < -0.39 is 5.60 Å². The number of carbonyl (C=O) groups excluding carboxylic acids is 1. The molecule has 1 fully saturated rings. The number of amides is 1. The first-order valence-corrected chi connectivity index (χ1v) is 5.74. The summed E-state index contributed by atoms with van der Waals surface area (Å²) in [5.74, 6) is 0. The zero-order valence-corrected chi connectivity index (χ0v) is 13.9. The minimum atomic E-state index is -0.439. The summed E-state index contributed by atoms with van der Waals surface area (Å²) in [6, 6.07) is 0. The van der Waals surface area contributed by atoms with Crippen molar-refractivity contribution in [3.63, 3.8) is 0 Å². The molecule has 1 saturated heterocycles. The second-order valence-corrected chi connectivity index (χ2v) is 5.64. The predicted octanol–water partition coefficient (Wildman–Crippen LogP) is 2.89. The maximum absolute atomic E-state index is 11.7. The fourth-order valence-corrected chi connectivity index (χ4v) is 1.67. The van der Waals surface area contributed by atoms with Crippen LogP contribution in [-0.4, -0.2) is 36.2 Å². The summed E-state index contributed by atoms with van der Waals surface area (Å²) in [4.78, 5) is 13.5. The minimum absolute atomic E-state index is 0. The summed E-state index contributed by atoms with van der Waals surface area (Å²) in [6.07, 6.45) is 1.32. The number of likely N-dealkylation sites (tertiary alicyclic amines) is 1. The Bertz CT molecular complexity index is 256.